The summed E-state index contributed by atoms with van der Waals surface area (Å²) in [6, 6.07) is 6.80. The van der Waals surface area contributed by atoms with Crippen LogP contribution in [0.5, 0.6) is 5.75 Å². The predicted molar refractivity (Wildman–Crippen MR) is 79.1 cm³/mol. The number of rotatable bonds is 3. The number of anilines is 1. The number of aliphatic hydroxyl groups is 1. The Balaban J connectivity index is 2.50. The lowest BCUT2D eigenvalue weighted by Gasteiger charge is -2.25. The van der Waals surface area contributed by atoms with Gasteiger partial charge in [-0.2, -0.15) is 5.26 Å². The zero-order valence-electron chi connectivity index (χ0n) is 12.8. The molecular formula is C16H20N2O3. The van der Waals surface area contributed by atoms with Gasteiger partial charge in [0.2, 0.25) is 5.91 Å². The van der Waals surface area contributed by atoms with Crippen molar-refractivity contribution in [1.29, 1.82) is 5.26 Å². The number of hydrogen-bond donors (Lipinski definition) is 1. The molecule has 1 aromatic carbocycles. The van der Waals surface area contributed by atoms with E-state index in [0.29, 0.717) is 23.4 Å². The van der Waals surface area contributed by atoms with E-state index >= 15 is 0 Å². The fourth-order valence-corrected chi connectivity index (χ4v) is 2.85. The molecule has 5 heteroatoms. The molecule has 2 rings (SSSR count). The van der Waals surface area contributed by atoms with Crippen LogP contribution < -0.4 is 9.64 Å². The fourth-order valence-electron chi connectivity index (χ4n) is 2.85. The van der Waals surface area contributed by atoms with Gasteiger partial charge in [0.25, 0.3) is 0 Å². The second-order valence-corrected chi connectivity index (χ2v) is 5.81. The molecule has 0 aromatic heterocycles. The number of benzene rings is 1. The monoisotopic (exact) mass is 288 g/mol. The van der Waals surface area contributed by atoms with Gasteiger partial charge in [0.15, 0.2) is 0 Å². The quantitative estimate of drug-likeness (QED) is 0.924. The van der Waals surface area contributed by atoms with Crippen molar-refractivity contribution in [3.8, 4) is 11.8 Å². The molecule has 21 heavy (non-hydrogen) atoms. The summed E-state index contributed by atoms with van der Waals surface area (Å²) in [5, 5.41) is 19.4. The average Bonchev–Trinajstić information content (AvgIpc) is 2.66. The van der Waals surface area contributed by atoms with E-state index in [2.05, 4.69) is 0 Å². The van der Waals surface area contributed by atoms with Gasteiger partial charge < -0.3 is 14.7 Å². The summed E-state index contributed by atoms with van der Waals surface area (Å²) in [7, 11) is 1.49. The highest BCUT2D eigenvalue weighted by Gasteiger charge is 2.52. The van der Waals surface area contributed by atoms with Crippen LogP contribution >= 0.6 is 0 Å². The SMILES string of the molecule is CC[C@H]1[C@@H](O)C(C)(C)C(=O)N1c1ccc(C#N)c(OC)c1. The summed E-state index contributed by atoms with van der Waals surface area (Å²) in [5.41, 5.74) is 0.245. The lowest BCUT2D eigenvalue weighted by atomic mass is 9.86. The highest BCUT2D eigenvalue weighted by molar-refractivity contribution is 6.01. The van der Waals surface area contributed by atoms with Gasteiger partial charge in [-0.25, -0.2) is 0 Å². The van der Waals surface area contributed by atoms with Gasteiger partial charge >= 0.3 is 0 Å². The first-order valence-electron chi connectivity index (χ1n) is 6.98. The molecule has 1 amide bonds. The largest absolute Gasteiger partial charge is 0.495 e. The summed E-state index contributed by atoms with van der Waals surface area (Å²) in [5.74, 6) is 0.311. The highest BCUT2D eigenvalue weighted by atomic mass is 16.5. The van der Waals surface area contributed by atoms with Crippen molar-refractivity contribution in [2.75, 3.05) is 12.0 Å². The molecule has 1 aliphatic heterocycles. The van der Waals surface area contributed by atoms with Crippen LogP contribution in [0.25, 0.3) is 0 Å². The van der Waals surface area contributed by atoms with Crippen LogP contribution in [0.15, 0.2) is 18.2 Å². The van der Waals surface area contributed by atoms with Crippen molar-refractivity contribution in [1.82, 2.24) is 0 Å². The third-order valence-electron chi connectivity index (χ3n) is 4.21. The maximum atomic E-state index is 12.6. The van der Waals surface area contributed by atoms with E-state index in [-0.39, 0.29) is 11.9 Å². The summed E-state index contributed by atoms with van der Waals surface area (Å²) in [6.45, 7) is 5.45. The van der Waals surface area contributed by atoms with Crippen LogP contribution in [0.4, 0.5) is 5.69 Å². The molecule has 0 aliphatic carbocycles. The topological polar surface area (TPSA) is 73.6 Å². The Bertz CT molecular complexity index is 604. The summed E-state index contributed by atoms with van der Waals surface area (Å²) in [6.07, 6.45) is -0.0739. The molecule has 112 valence electrons. The van der Waals surface area contributed by atoms with Crippen molar-refractivity contribution in [3.05, 3.63) is 23.8 Å². The van der Waals surface area contributed by atoms with Gasteiger partial charge in [-0.15, -0.1) is 0 Å². The molecule has 2 atom stereocenters. The number of hydrogen-bond acceptors (Lipinski definition) is 4. The zero-order chi connectivity index (χ0) is 15.8. The van der Waals surface area contributed by atoms with E-state index < -0.39 is 11.5 Å². The van der Waals surface area contributed by atoms with E-state index in [1.54, 1.807) is 36.9 Å². The number of nitrogens with zero attached hydrogens (tertiary/aromatic N) is 2. The van der Waals surface area contributed by atoms with Gasteiger partial charge in [-0.05, 0) is 32.4 Å². The Morgan fingerprint density at radius 2 is 2.14 bits per heavy atom. The first-order chi connectivity index (χ1) is 9.88. The Morgan fingerprint density at radius 1 is 1.48 bits per heavy atom. The van der Waals surface area contributed by atoms with E-state index in [4.69, 9.17) is 10.00 Å². The summed E-state index contributed by atoms with van der Waals surface area (Å²) in [4.78, 5) is 14.2. The van der Waals surface area contributed by atoms with E-state index in [0.717, 1.165) is 0 Å². The molecule has 1 heterocycles. The Morgan fingerprint density at radius 3 is 2.67 bits per heavy atom. The zero-order valence-corrected chi connectivity index (χ0v) is 12.8. The van der Waals surface area contributed by atoms with Gasteiger partial charge in [0.05, 0.1) is 30.2 Å². The lowest BCUT2D eigenvalue weighted by molar-refractivity contribution is -0.126. The fraction of sp³-hybridized carbons (Fsp3) is 0.500. The predicted octanol–water partition coefficient (Wildman–Crippen LogP) is 2.08. The van der Waals surface area contributed by atoms with Crippen molar-refractivity contribution >= 4 is 11.6 Å². The van der Waals surface area contributed by atoms with Gasteiger partial charge in [-0.3, -0.25) is 4.79 Å². The standard InChI is InChI=1S/C16H20N2O3/c1-5-12-14(19)16(2,3)15(20)18(12)11-7-6-10(9-17)13(8-11)21-4/h6-8,12,14,19H,5H2,1-4H3/t12-,14+/m0/s1. The maximum absolute atomic E-state index is 12.6. The second kappa shape index (κ2) is 5.38. The molecule has 0 bridgehead atoms. The Kier molecular flexibility index (Phi) is 3.93. The van der Waals surface area contributed by atoms with E-state index in [1.807, 2.05) is 13.0 Å². The number of methoxy groups -OCH3 is 1. The molecule has 1 aromatic rings. The average molecular weight is 288 g/mol. The Hall–Kier alpha value is -2.06. The molecule has 1 aliphatic rings. The second-order valence-electron chi connectivity index (χ2n) is 5.81. The minimum atomic E-state index is -0.818. The first kappa shape index (κ1) is 15.3. The molecule has 1 N–H and O–H groups in total. The third kappa shape index (κ3) is 2.26. The van der Waals surface area contributed by atoms with Crippen LogP contribution in [0.1, 0.15) is 32.8 Å². The van der Waals surface area contributed by atoms with Gasteiger partial charge in [0, 0.05) is 11.8 Å². The molecule has 1 saturated heterocycles. The minimum Gasteiger partial charge on any atom is -0.495 e. The minimum absolute atomic E-state index is 0.117. The van der Waals surface area contributed by atoms with Crippen molar-refractivity contribution in [2.24, 2.45) is 5.41 Å². The number of carbonyl (C=O) groups excluding carboxylic acids is 1. The molecule has 0 radical (unpaired) electrons. The number of amides is 1. The van der Waals surface area contributed by atoms with Gasteiger partial charge in [-0.1, -0.05) is 6.92 Å². The number of carbonyl (C=O) groups is 1. The summed E-state index contributed by atoms with van der Waals surface area (Å²) < 4.78 is 5.20. The summed E-state index contributed by atoms with van der Waals surface area (Å²) >= 11 is 0. The molecular weight excluding hydrogens is 268 g/mol. The maximum Gasteiger partial charge on any atom is 0.235 e. The Labute approximate surface area is 124 Å². The molecule has 0 spiro atoms. The third-order valence-corrected chi connectivity index (χ3v) is 4.21. The molecule has 5 nitrogen and oxygen atoms in total. The van der Waals surface area contributed by atoms with E-state index in [1.165, 1.54) is 7.11 Å². The highest BCUT2D eigenvalue weighted by Crippen LogP contribution is 2.41. The number of aliphatic hydroxyl groups excluding tert-OH is 1. The van der Waals surface area contributed by atoms with Crippen LogP contribution in [0, 0.1) is 16.7 Å². The van der Waals surface area contributed by atoms with Crippen LogP contribution in [-0.2, 0) is 4.79 Å². The van der Waals surface area contributed by atoms with Crippen LogP contribution in [0.2, 0.25) is 0 Å². The normalized spacial score (nSPS) is 24.0. The molecule has 1 fully saturated rings. The van der Waals surface area contributed by atoms with Crippen molar-refractivity contribution in [2.45, 2.75) is 39.3 Å². The smallest absolute Gasteiger partial charge is 0.235 e. The van der Waals surface area contributed by atoms with Gasteiger partial charge in [0.1, 0.15) is 11.8 Å². The van der Waals surface area contributed by atoms with Crippen LogP contribution in [-0.4, -0.2) is 30.3 Å². The van der Waals surface area contributed by atoms with Crippen molar-refractivity contribution in [3.63, 3.8) is 0 Å². The number of nitriles is 1. The first-order valence-corrected chi connectivity index (χ1v) is 6.98. The van der Waals surface area contributed by atoms with Crippen molar-refractivity contribution < 1.29 is 14.6 Å². The molecule has 0 saturated carbocycles. The van der Waals surface area contributed by atoms with Crippen LogP contribution in [0.3, 0.4) is 0 Å². The number of ether oxygens (including phenoxy) is 1. The molecule has 0 unspecified atom stereocenters. The lowest BCUT2D eigenvalue weighted by Crippen LogP contribution is -2.36. The van der Waals surface area contributed by atoms with E-state index in [9.17, 15) is 9.90 Å².